The molecule has 0 fully saturated rings. The number of unbranched alkanes of at least 4 members (excludes halogenated alkanes) is 1. The van der Waals surface area contributed by atoms with Crippen LogP contribution in [0.3, 0.4) is 0 Å². The molecular formula is C16H23NO3. The summed E-state index contributed by atoms with van der Waals surface area (Å²) in [7, 11) is 0. The molecule has 0 aromatic heterocycles. The first-order valence-electron chi connectivity index (χ1n) is 7.10. The fraction of sp³-hybridized carbons (Fsp3) is 0.500. The number of rotatable bonds is 8. The normalized spacial score (nSPS) is 12.8. The average molecular weight is 277 g/mol. The van der Waals surface area contributed by atoms with Crippen molar-refractivity contribution in [2.45, 2.75) is 39.3 Å². The molecule has 0 saturated heterocycles. The molecule has 0 saturated carbocycles. The molecule has 0 radical (unpaired) electrons. The topological polar surface area (TPSA) is 39.7 Å². The van der Waals surface area contributed by atoms with Gasteiger partial charge in [0.2, 0.25) is 6.79 Å². The largest absolute Gasteiger partial charge is 0.493 e. The molecule has 4 nitrogen and oxygen atoms in total. The fourth-order valence-electron chi connectivity index (χ4n) is 1.96. The molecule has 1 aromatic carbocycles. The van der Waals surface area contributed by atoms with E-state index in [9.17, 15) is 0 Å². The van der Waals surface area contributed by atoms with Crippen LogP contribution in [0, 0.1) is 0 Å². The highest BCUT2D eigenvalue weighted by atomic mass is 16.7. The van der Waals surface area contributed by atoms with Gasteiger partial charge in [0.05, 0.1) is 6.61 Å². The smallest absolute Gasteiger partial charge is 0.231 e. The predicted molar refractivity (Wildman–Crippen MR) is 79.5 cm³/mol. The number of benzene rings is 1. The van der Waals surface area contributed by atoms with Crippen LogP contribution in [0.2, 0.25) is 0 Å². The van der Waals surface area contributed by atoms with Crippen LogP contribution in [0.1, 0.15) is 32.3 Å². The Morgan fingerprint density at radius 2 is 2.10 bits per heavy atom. The lowest BCUT2D eigenvalue weighted by Crippen LogP contribution is -2.22. The van der Waals surface area contributed by atoms with E-state index in [4.69, 9.17) is 14.2 Å². The summed E-state index contributed by atoms with van der Waals surface area (Å²) in [5.74, 6) is 2.42. The molecule has 0 bridgehead atoms. The van der Waals surface area contributed by atoms with Gasteiger partial charge in [0, 0.05) is 24.2 Å². The van der Waals surface area contributed by atoms with Gasteiger partial charge >= 0.3 is 0 Å². The number of nitrogens with one attached hydrogen (secondary N) is 1. The monoisotopic (exact) mass is 277 g/mol. The van der Waals surface area contributed by atoms with Crippen molar-refractivity contribution in [3.63, 3.8) is 0 Å². The van der Waals surface area contributed by atoms with E-state index < -0.39 is 0 Å². The van der Waals surface area contributed by atoms with E-state index in [1.165, 1.54) is 0 Å². The molecule has 2 rings (SSSR count). The van der Waals surface area contributed by atoms with Gasteiger partial charge in [-0.1, -0.05) is 19.9 Å². The zero-order valence-electron chi connectivity index (χ0n) is 12.3. The second-order valence-electron chi connectivity index (χ2n) is 5.13. The predicted octanol–water partition coefficient (Wildman–Crippen LogP) is 3.26. The van der Waals surface area contributed by atoms with Crippen molar-refractivity contribution in [3.05, 3.63) is 30.4 Å². The average Bonchev–Trinajstić information content (AvgIpc) is 2.87. The maximum atomic E-state index is 5.87. The molecular weight excluding hydrogens is 254 g/mol. The number of allylic oxidation sites excluding steroid dienone is 1. The molecule has 1 N–H and O–H groups in total. The van der Waals surface area contributed by atoms with Gasteiger partial charge in [-0.25, -0.2) is 0 Å². The van der Waals surface area contributed by atoms with Crippen LogP contribution < -0.4 is 19.5 Å². The van der Waals surface area contributed by atoms with Crippen molar-refractivity contribution < 1.29 is 14.2 Å². The first kappa shape index (κ1) is 14.7. The van der Waals surface area contributed by atoms with Crippen LogP contribution in [0.15, 0.2) is 24.8 Å². The Labute approximate surface area is 120 Å². The lowest BCUT2D eigenvalue weighted by molar-refractivity contribution is 0.173. The molecule has 0 spiro atoms. The van der Waals surface area contributed by atoms with E-state index >= 15 is 0 Å². The number of hydrogen-bond acceptors (Lipinski definition) is 4. The van der Waals surface area contributed by atoms with E-state index in [2.05, 4.69) is 25.7 Å². The zero-order chi connectivity index (χ0) is 14.4. The lowest BCUT2D eigenvalue weighted by atomic mass is 10.1. The maximum Gasteiger partial charge on any atom is 0.231 e. The minimum absolute atomic E-state index is 0.284. The molecule has 0 unspecified atom stereocenters. The van der Waals surface area contributed by atoms with Gasteiger partial charge < -0.3 is 19.5 Å². The summed E-state index contributed by atoms with van der Waals surface area (Å²) in [6.07, 6.45) is 3.84. The highest BCUT2D eigenvalue weighted by Gasteiger charge is 2.18. The minimum atomic E-state index is 0.284. The third-order valence-corrected chi connectivity index (χ3v) is 3.07. The Hall–Kier alpha value is -1.68. The molecule has 1 aromatic rings. The van der Waals surface area contributed by atoms with Gasteiger partial charge in [-0.15, -0.1) is 6.58 Å². The lowest BCUT2D eigenvalue weighted by Gasteiger charge is -2.14. The summed E-state index contributed by atoms with van der Waals surface area (Å²) in [5.41, 5.74) is 1.10. The van der Waals surface area contributed by atoms with Crippen molar-refractivity contribution in [2.24, 2.45) is 0 Å². The van der Waals surface area contributed by atoms with E-state index in [-0.39, 0.29) is 6.79 Å². The van der Waals surface area contributed by atoms with E-state index in [1.54, 1.807) is 0 Å². The van der Waals surface area contributed by atoms with E-state index in [0.717, 1.165) is 42.2 Å². The minimum Gasteiger partial charge on any atom is -0.493 e. The Balaban J connectivity index is 2.07. The summed E-state index contributed by atoms with van der Waals surface area (Å²) >= 11 is 0. The summed E-state index contributed by atoms with van der Waals surface area (Å²) in [5, 5.41) is 3.40. The van der Waals surface area contributed by atoms with Crippen LogP contribution in [-0.2, 0) is 6.54 Å². The molecule has 20 heavy (non-hydrogen) atoms. The first-order valence-corrected chi connectivity index (χ1v) is 7.10. The number of ether oxygens (including phenoxy) is 3. The summed E-state index contributed by atoms with van der Waals surface area (Å²) in [4.78, 5) is 0. The van der Waals surface area contributed by atoms with Crippen molar-refractivity contribution in [1.29, 1.82) is 0 Å². The Bertz CT molecular complexity index is 457. The number of fused-ring (bicyclic) bond motifs is 1. The first-order chi connectivity index (χ1) is 9.70. The Kier molecular flexibility index (Phi) is 5.30. The SMILES string of the molecule is C=CCCCOc1cc2c(cc1CNC(C)C)OCO2. The second-order valence-corrected chi connectivity index (χ2v) is 5.13. The molecule has 4 heteroatoms. The molecule has 1 heterocycles. The van der Waals surface area contributed by atoms with Crippen LogP contribution >= 0.6 is 0 Å². The van der Waals surface area contributed by atoms with Gasteiger partial charge in [-0.2, -0.15) is 0 Å². The molecule has 0 atom stereocenters. The molecule has 0 amide bonds. The zero-order valence-corrected chi connectivity index (χ0v) is 12.3. The molecule has 0 aliphatic carbocycles. The maximum absolute atomic E-state index is 5.87. The number of hydrogen-bond donors (Lipinski definition) is 1. The summed E-state index contributed by atoms with van der Waals surface area (Å²) in [6, 6.07) is 4.35. The summed E-state index contributed by atoms with van der Waals surface area (Å²) in [6.45, 7) is 9.68. The van der Waals surface area contributed by atoms with Crippen molar-refractivity contribution in [3.8, 4) is 17.2 Å². The van der Waals surface area contributed by atoms with Crippen molar-refractivity contribution in [2.75, 3.05) is 13.4 Å². The highest BCUT2D eigenvalue weighted by molar-refractivity contribution is 5.51. The van der Waals surface area contributed by atoms with Gasteiger partial charge in [-0.3, -0.25) is 0 Å². The standard InChI is InChI=1S/C16H23NO3/c1-4-5-6-7-18-14-9-16-15(19-11-20-16)8-13(14)10-17-12(2)3/h4,8-9,12,17H,1,5-7,10-11H2,2-3H3. The van der Waals surface area contributed by atoms with Gasteiger partial charge in [0.15, 0.2) is 11.5 Å². The van der Waals surface area contributed by atoms with Crippen LogP contribution in [0.4, 0.5) is 0 Å². The van der Waals surface area contributed by atoms with Gasteiger partial charge in [0.1, 0.15) is 5.75 Å². The van der Waals surface area contributed by atoms with E-state index in [1.807, 2.05) is 18.2 Å². The second kappa shape index (κ2) is 7.20. The Morgan fingerprint density at radius 3 is 2.80 bits per heavy atom. The highest BCUT2D eigenvalue weighted by Crippen LogP contribution is 2.38. The third-order valence-electron chi connectivity index (χ3n) is 3.07. The molecule has 110 valence electrons. The summed E-state index contributed by atoms with van der Waals surface area (Å²) < 4.78 is 16.7. The van der Waals surface area contributed by atoms with E-state index in [0.29, 0.717) is 12.6 Å². The van der Waals surface area contributed by atoms with Crippen molar-refractivity contribution in [1.82, 2.24) is 5.32 Å². The third kappa shape index (κ3) is 3.90. The van der Waals surface area contributed by atoms with Crippen LogP contribution in [0.5, 0.6) is 17.2 Å². The van der Waals surface area contributed by atoms with Crippen molar-refractivity contribution >= 4 is 0 Å². The molecule has 1 aliphatic heterocycles. The fourth-order valence-corrected chi connectivity index (χ4v) is 1.96. The quantitative estimate of drug-likeness (QED) is 0.585. The Morgan fingerprint density at radius 1 is 1.35 bits per heavy atom. The molecule has 1 aliphatic rings. The van der Waals surface area contributed by atoms with Gasteiger partial charge in [0.25, 0.3) is 0 Å². The van der Waals surface area contributed by atoms with Crippen LogP contribution in [0.25, 0.3) is 0 Å². The van der Waals surface area contributed by atoms with Crippen LogP contribution in [-0.4, -0.2) is 19.4 Å². The van der Waals surface area contributed by atoms with Gasteiger partial charge in [-0.05, 0) is 18.9 Å².